The number of benzene rings is 1. The number of esters is 1. The summed E-state index contributed by atoms with van der Waals surface area (Å²) < 4.78 is 9.69. The van der Waals surface area contributed by atoms with Crippen LogP contribution in [0.25, 0.3) is 10.9 Å². The molecule has 2 rings (SSSR count). The summed E-state index contributed by atoms with van der Waals surface area (Å²) in [6.45, 7) is 0. The first kappa shape index (κ1) is 12.9. The Bertz CT molecular complexity index is 644. The van der Waals surface area contributed by atoms with Gasteiger partial charge in [-0.15, -0.1) is 0 Å². The van der Waals surface area contributed by atoms with Crippen LogP contribution in [-0.2, 0) is 16.0 Å². The fraction of sp³-hybridized carbons (Fsp3) is 0.231. The molecule has 2 aromatic rings. The maximum atomic E-state index is 11.4. The molecule has 6 nitrogen and oxygen atoms in total. The molecule has 1 aromatic carbocycles. The second kappa shape index (κ2) is 5.01. The first-order chi connectivity index (χ1) is 9.06. The van der Waals surface area contributed by atoms with Crippen molar-refractivity contribution in [2.75, 3.05) is 14.2 Å². The number of aromatic carboxylic acids is 1. The number of carboxylic acids is 1. The Hall–Kier alpha value is -2.50. The van der Waals surface area contributed by atoms with Crippen LogP contribution in [-0.4, -0.2) is 36.2 Å². The zero-order chi connectivity index (χ0) is 14.0. The Morgan fingerprint density at radius 1 is 1.32 bits per heavy atom. The van der Waals surface area contributed by atoms with E-state index in [0.29, 0.717) is 22.2 Å². The van der Waals surface area contributed by atoms with Crippen LogP contribution < -0.4 is 4.74 Å². The second-order valence-corrected chi connectivity index (χ2v) is 3.95. The van der Waals surface area contributed by atoms with Crippen molar-refractivity contribution in [2.24, 2.45) is 0 Å². The minimum absolute atomic E-state index is 0.00588. The van der Waals surface area contributed by atoms with Crippen LogP contribution in [0.4, 0.5) is 0 Å². The average molecular weight is 263 g/mol. The zero-order valence-electron chi connectivity index (χ0n) is 10.5. The van der Waals surface area contributed by atoms with Gasteiger partial charge in [0.05, 0.1) is 20.6 Å². The third kappa shape index (κ3) is 2.37. The van der Waals surface area contributed by atoms with Crippen LogP contribution in [0.2, 0.25) is 0 Å². The predicted octanol–water partition coefficient (Wildman–Crippen LogP) is 1.59. The van der Waals surface area contributed by atoms with Gasteiger partial charge < -0.3 is 19.6 Å². The van der Waals surface area contributed by atoms with E-state index in [1.807, 2.05) is 0 Å². The van der Waals surface area contributed by atoms with Gasteiger partial charge in [-0.25, -0.2) is 4.79 Å². The largest absolute Gasteiger partial charge is 0.497 e. The highest BCUT2D eigenvalue weighted by atomic mass is 16.5. The summed E-state index contributed by atoms with van der Waals surface area (Å²) in [5.74, 6) is -1.02. The van der Waals surface area contributed by atoms with Gasteiger partial charge in [0, 0.05) is 16.5 Å². The van der Waals surface area contributed by atoms with E-state index in [-0.39, 0.29) is 12.1 Å². The fourth-order valence-electron chi connectivity index (χ4n) is 1.94. The fourth-order valence-corrected chi connectivity index (χ4v) is 1.94. The maximum Gasteiger partial charge on any atom is 0.352 e. The molecule has 0 aliphatic heterocycles. The quantitative estimate of drug-likeness (QED) is 0.818. The van der Waals surface area contributed by atoms with Crippen molar-refractivity contribution in [1.82, 2.24) is 4.98 Å². The van der Waals surface area contributed by atoms with E-state index in [0.717, 1.165) is 0 Å². The van der Waals surface area contributed by atoms with Gasteiger partial charge in [0.1, 0.15) is 11.4 Å². The molecule has 6 heteroatoms. The average Bonchev–Trinajstić information content (AvgIpc) is 2.76. The number of hydrogen-bond acceptors (Lipinski definition) is 4. The number of hydrogen-bond donors (Lipinski definition) is 2. The number of nitrogens with one attached hydrogen (secondary N) is 1. The van der Waals surface area contributed by atoms with Crippen molar-refractivity contribution in [1.29, 1.82) is 0 Å². The third-order valence-corrected chi connectivity index (χ3v) is 2.88. The molecule has 0 radical (unpaired) electrons. The Morgan fingerprint density at radius 3 is 2.63 bits per heavy atom. The number of carboxylic acid groups (broad SMARTS) is 1. The number of carbonyl (C=O) groups is 2. The summed E-state index contributed by atoms with van der Waals surface area (Å²) in [5, 5.41) is 9.81. The molecular formula is C13H13NO5. The minimum atomic E-state index is -1.12. The van der Waals surface area contributed by atoms with Crippen molar-refractivity contribution in [3.05, 3.63) is 29.5 Å². The lowest BCUT2D eigenvalue weighted by Gasteiger charge is -2.02. The Morgan fingerprint density at radius 2 is 2.05 bits per heavy atom. The first-order valence-electron chi connectivity index (χ1n) is 5.55. The third-order valence-electron chi connectivity index (χ3n) is 2.88. The molecule has 2 N–H and O–H groups in total. The minimum Gasteiger partial charge on any atom is -0.497 e. The van der Waals surface area contributed by atoms with E-state index in [1.165, 1.54) is 14.2 Å². The molecule has 1 aromatic heterocycles. The number of aromatic amines is 1. The molecule has 0 atom stereocenters. The normalized spacial score (nSPS) is 10.4. The van der Waals surface area contributed by atoms with Crippen LogP contribution in [0.1, 0.15) is 16.1 Å². The van der Waals surface area contributed by atoms with Crippen molar-refractivity contribution in [2.45, 2.75) is 6.42 Å². The first-order valence-corrected chi connectivity index (χ1v) is 5.55. The van der Waals surface area contributed by atoms with Crippen molar-refractivity contribution in [3.8, 4) is 5.75 Å². The molecular weight excluding hydrogens is 250 g/mol. The zero-order valence-corrected chi connectivity index (χ0v) is 10.5. The monoisotopic (exact) mass is 263 g/mol. The van der Waals surface area contributed by atoms with Gasteiger partial charge in [-0.2, -0.15) is 0 Å². The van der Waals surface area contributed by atoms with Crippen LogP contribution in [0.15, 0.2) is 18.2 Å². The van der Waals surface area contributed by atoms with Gasteiger partial charge >= 0.3 is 11.9 Å². The topological polar surface area (TPSA) is 88.6 Å². The number of aromatic nitrogens is 1. The SMILES string of the molecule is COC(=O)Cc1c(C(=O)O)[nH]c2ccc(OC)cc12. The van der Waals surface area contributed by atoms with Gasteiger partial charge in [-0.3, -0.25) is 4.79 Å². The highest BCUT2D eigenvalue weighted by molar-refractivity contribution is 5.99. The molecule has 100 valence electrons. The number of ether oxygens (including phenoxy) is 2. The summed E-state index contributed by atoms with van der Waals surface area (Å²) in [7, 11) is 2.78. The van der Waals surface area contributed by atoms with E-state index in [9.17, 15) is 9.59 Å². The lowest BCUT2D eigenvalue weighted by atomic mass is 10.1. The second-order valence-electron chi connectivity index (χ2n) is 3.95. The van der Waals surface area contributed by atoms with Crippen LogP contribution in [0, 0.1) is 0 Å². The molecule has 0 saturated carbocycles. The van der Waals surface area contributed by atoms with Gasteiger partial charge in [-0.05, 0) is 18.2 Å². The number of rotatable bonds is 4. The lowest BCUT2D eigenvalue weighted by molar-refractivity contribution is -0.139. The van der Waals surface area contributed by atoms with E-state index in [1.54, 1.807) is 18.2 Å². The smallest absolute Gasteiger partial charge is 0.352 e. The molecule has 1 heterocycles. The predicted molar refractivity (Wildman–Crippen MR) is 67.5 cm³/mol. The summed E-state index contributed by atoms with van der Waals surface area (Å²) in [5.41, 5.74) is 1.03. The molecule has 0 saturated heterocycles. The van der Waals surface area contributed by atoms with E-state index in [4.69, 9.17) is 9.84 Å². The molecule has 0 fully saturated rings. The summed E-state index contributed by atoms with van der Waals surface area (Å²) in [6.07, 6.45) is -0.106. The molecule has 0 unspecified atom stereocenters. The number of carbonyl (C=O) groups excluding carboxylic acids is 1. The van der Waals surface area contributed by atoms with Crippen molar-refractivity contribution < 1.29 is 24.2 Å². The summed E-state index contributed by atoms with van der Waals surface area (Å²) in [6, 6.07) is 5.12. The van der Waals surface area contributed by atoms with E-state index < -0.39 is 11.9 Å². The molecule has 0 aliphatic carbocycles. The molecule has 0 bridgehead atoms. The lowest BCUT2D eigenvalue weighted by Crippen LogP contribution is -2.08. The Labute approximate surface area is 108 Å². The van der Waals surface area contributed by atoms with Gasteiger partial charge in [0.15, 0.2) is 0 Å². The molecule has 0 spiro atoms. The molecule has 19 heavy (non-hydrogen) atoms. The summed E-state index contributed by atoms with van der Waals surface area (Å²) >= 11 is 0. The highest BCUT2D eigenvalue weighted by Crippen LogP contribution is 2.27. The van der Waals surface area contributed by atoms with Crippen molar-refractivity contribution in [3.63, 3.8) is 0 Å². The van der Waals surface area contributed by atoms with Gasteiger partial charge in [-0.1, -0.05) is 0 Å². The van der Waals surface area contributed by atoms with Crippen molar-refractivity contribution >= 4 is 22.8 Å². The number of fused-ring (bicyclic) bond motifs is 1. The Balaban J connectivity index is 2.63. The molecule has 0 aliphatic rings. The Kier molecular flexibility index (Phi) is 3.41. The van der Waals surface area contributed by atoms with Crippen LogP contribution in [0.5, 0.6) is 5.75 Å². The van der Waals surface area contributed by atoms with Crippen LogP contribution in [0.3, 0.4) is 0 Å². The standard InChI is InChI=1S/C13H13NO5/c1-18-7-3-4-10-8(5-7)9(6-11(15)19-2)12(14-10)13(16)17/h3-5,14H,6H2,1-2H3,(H,16,17). The van der Waals surface area contributed by atoms with Gasteiger partial charge in [0.25, 0.3) is 0 Å². The van der Waals surface area contributed by atoms with E-state index in [2.05, 4.69) is 9.72 Å². The summed E-state index contributed by atoms with van der Waals surface area (Å²) in [4.78, 5) is 25.4. The highest BCUT2D eigenvalue weighted by Gasteiger charge is 2.20. The number of methoxy groups -OCH3 is 2. The van der Waals surface area contributed by atoms with E-state index >= 15 is 0 Å². The van der Waals surface area contributed by atoms with Crippen LogP contribution >= 0.6 is 0 Å². The number of H-pyrrole nitrogens is 1. The van der Waals surface area contributed by atoms with Gasteiger partial charge in [0.2, 0.25) is 0 Å². The molecule has 0 amide bonds. The maximum absolute atomic E-state index is 11.4.